The third-order valence-electron chi connectivity index (χ3n) is 2.68. The van der Waals surface area contributed by atoms with Crippen LogP contribution in [0.2, 0.25) is 5.02 Å². The number of aryl methyl sites for hydroxylation is 1. The smallest absolute Gasteiger partial charge is 0.262 e. The van der Waals surface area contributed by atoms with Crippen molar-refractivity contribution in [3.8, 4) is 0 Å². The van der Waals surface area contributed by atoms with Crippen LogP contribution in [0.1, 0.15) is 5.56 Å². The number of nitrogens with two attached hydrogens (primary N) is 1. The highest BCUT2D eigenvalue weighted by molar-refractivity contribution is 7.92. The maximum atomic E-state index is 13.3. The minimum Gasteiger partial charge on any atom is -0.396 e. The van der Waals surface area contributed by atoms with E-state index in [1.54, 1.807) is 12.1 Å². The first-order valence-electron chi connectivity index (χ1n) is 5.63. The Bertz CT molecular complexity index is 746. The molecule has 0 atom stereocenters. The third kappa shape index (κ3) is 3.02. The molecule has 0 aliphatic rings. The number of benzene rings is 2. The molecule has 7 heteroatoms. The molecule has 0 saturated carbocycles. The number of hydrogen-bond donors (Lipinski definition) is 2. The Labute approximate surface area is 121 Å². The molecule has 0 radical (unpaired) electrons. The number of rotatable bonds is 3. The van der Waals surface area contributed by atoms with E-state index in [1.807, 2.05) is 0 Å². The molecule has 0 bridgehead atoms. The van der Waals surface area contributed by atoms with Gasteiger partial charge in [-0.05, 0) is 48.9 Å². The van der Waals surface area contributed by atoms with Crippen LogP contribution in [0, 0.1) is 12.7 Å². The van der Waals surface area contributed by atoms with E-state index in [0.29, 0.717) is 10.7 Å². The molecule has 2 aromatic rings. The van der Waals surface area contributed by atoms with E-state index >= 15 is 0 Å². The number of nitrogens with one attached hydrogen (secondary N) is 1. The quantitative estimate of drug-likeness (QED) is 0.855. The zero-order valence-corrected chi connectivity index (χ0v) is 12.1. The molecular formula is C13H12ClFN2O2S. The number of nitrogen functional groups attached to an aromatic ring is 1. The molecule has 0 fully saturated rings. The van der Waals surface area contributed by atoms with Crippen LogP contribution >= 0.6 is 11.6 Å². The van der Waals surface area contributed by atoms with Gasteiger partial charge < -0.3 is 5.73 Å². The summed E-state index contributed by atoms with van der Waals surface area (Å²) in [6.45, 7) is 1.50. The van der Waals surface area contributed by atoms with Crippen LogP contribution in [-0.4, -0.2) is 8.42 Å². The molecule has 106 valence electrons. The molecular weight excluding hydrogens is 303 g/mol. The fourth-order valence-corrected chi connectivity index (χ4v) is 3.13. The first kappa shape index (κ1) is 14.6. The molecule has 0 amide bonds. The van der Waals surface area contributed by atoms with Crippen LogP contribution in [0.25, 0.3) is 0 Å². The predicted octanol–water partition coefficient (Wildman–Crippen LogP) is 3.17. The van der Waals surface area contributed by atoms with Crippen molar-refractivity contribution in [2.45, 2.75) is 11.8 Å². The summed E-state index contributed by atoms with van der Waals surface area (Å²) in [6, 6.07) is 8.37. The van der Waals surface area contributed by atoms with Crippen LogP contribution < -0.4 is 10.5 Å². The maximum Gasteiger partial charge on any atom is 0.262 e. The SMILES string of the molecule is Cc1cc(F)c(N)cc1S(=O)(=O)Nc1ccc(Cl)cc1. The Balaban J connectivity index is 2.40. The minimum atomic E-state index is -3.84. The Morgan fingerprint density at radius 2 is 1.80 bits per heavy atom. The zero-order chi connectivity index (χ0) is 14.9. The van der Waals surface area contributed by atoms with Gasteiger partial charge in [0, 0.05) is 10.7 Å². The summed E-state index contributed by atoms with van der Waals surface area (Å²) in [7, 11) is -3.84. The Morgan fingerprint density at radius 1 is 1.20 bits per heavy atom. The van der Waals surface area contributed by atoms with E-state index in [4.69, 9.17) is 17.3 Å². The molecule has 0 spiro atoms. The molecule has 2 aromatic carbocycles. The lowest BCUT2D eigenvalue weighted by Crippen LogP contribution is -2.15. The zero-order valence-electron chi connectivity index (χ0n) is 10.5. The average Bonchev–Trinajstić information content (AvgIpc) is 2.36. The fraction of sp³-hybridized carbons (Fsp3) is 0.0769. The van der Waals surface area contributed by atoms with Crippen LogP contribution in [-0.2, 0) is 10.0 Å². The second kappa shape index (κ2) is 5.30. The van der Waals surface area contributed by atoms with Crippen molar-refractivity contribution in [1.82, 2.24) is 0 Å². The molecule has 0 aromatic heterocycles. The third-order valence-corrected chi connectivity index (χ3v) is 4.46. The monoisotopic (exact) mass is 314 g/mol. The van der Waals surface area contributed by atoms with Crippen molar-refractivity contribution in [2.24, 2.45) is 0 Å². The summed E-state index contributed by atoms with van der Waals surface area (Å²) in [5, 5.41) is 0.496. The summed E-state index contributed by atoms with van der Waals surface area (Å²) in [5.74, 6) is -0.645. The summed E-state index contributed by atoms with van der Waals surface area (Å²) in [6.07, 6.45) is 0. The number of halogens is 2. The van der Waals surface area contributed by atoms with Crippen LogP contribution in [0.4, 0.5) is 15.8 Å². The topological polar surface area (TPSA) is 72.2 Å². The van der Waals surface area contributed by atoms with Gasteiger partial charge in [0.15, 0.2) is 0 Å². The van der Waals surface area contributed by atoms with E-state index in [0.717, 1.165) is 12.1 Å². The average molecular weight is 315 g/mol. The molecule has 0 heterocycles. The summed E-state index contributed by atoms with van der Waals surface area (Å²) in [5.41, 5.74) is 5.83. The molecule has 0 saturated heterocycles. The summed E-state index contributed by atoms with van der Waals surface area (Å²) < 4.78 is 40.1. The van der Waals surface area contributed by atoms with Crippen LogP contribution in [0.3, 0.4) is 0 Å². The number of anilines is 2. The van der Waals surface area contributed by atoms with E-state index in [2.05, 4.69) is 4.72 Å². The van der Waals surface area contributed by atoms with Crippen molar-refractivity contribution < 1.29 is 12.8 Å². The fourth-order valence-electron chi connectivity index (χ4n) is 1.69. The lowest BCUT2D eigenvalue weighted by atomic mass is 10.2. The van der Waals surface area contributed by atoms with Crippen molar-refractivity contribution in [3.05, 3.63) is 52.8 Å². The van der Waals surface area contributed by atoms with Gasteiger partial charge in [-0.3, -0.25) is 4.72 Å². The van der Waals surface area contributed by atoms with Crippen LogP contribution in [0.5, 0.6) is 0 Å². The van der Waals surface area contributed by atoms with Gasteiger partial charge in [0.2, 0.25) is 0 Å². The van der Waals surface area contributed by atoms with Gasteiger partial charge in [-0.25, -0.2) is 12.8 Å². The lowest BCUT2D eigenvalue weighted by molar-refractivity contribution is 0.599. The largest absolute Gasteiger partial charge is 0.396 e. The molecule has 0 unspecified atom stereocenters. The molecule has 4 nitrogen and oxygen atoms in total. The summed E-state index contributed by atoms with van der Waals surface area (Å²) in [4.78, 5) is -0.0636. The highest BCUT2D eigenvalue weighted by Crippen LogP contribution is 2.24. The van der Waals surface area contributed by atoms with Gasteiger partial charge in [0.25, 0.3) is 10.0 Å². The second-order valence-corrected chi connectivity index (χ2v) is 6.34. The van der Waals surface area contributed by atoms with E-state index in [1.165, 1.54) is 19.1 Å². The second-order valence-electron chi connectivity index (χ2n) is 4.25. The van der Waals surface area contributed by atoms with Gasteiger partial charge in [-0.2, -0.15) is 0 Å². The van der Waals surface area contributed by atoms with Gasteiger partial charge >= 0.3 is 0 Å². The van der Waals surface area contributed by atoms with E-state index in [-0.39, 0.29) is 16.1 Å². The van der Waals surface area contributed by atoms with Crippen molar-refractivity contribution in [3.63, 3.8) is 0 Å². The Morgan fingerprint density at radius 3 is 2.40 bits per heavy atom. The molecule has 2 rings (SSSR count). The highest BCUT2D eigenvalue weighted by atomic mass is 35.5. The molecule has 0 aliphatic carbocycles. The molecule has 20 heavy (non-hydrogen) atoms. The van der Waals surface area contributed by atoms with Gasteiger partial charge in [-0.1, -0.05) is 11.6 Å². The van der Waals surface area contributed by atoms with Crippen molar-refractivity contribution >= 4 is 33.0 Å². The summed E-state index contributed by atoms with van der Waals surface area (Å²) >= 11 is 5.73. The maximum absolute atomic E-state index is 13.3. The Hall–Kier alpha value is -1.79. The van der Waals surface area contributed by atoms with E-state index < -0.39 is 15.8 Å². The molecule has 3 N–H and O–H groups in total. The normalized spacial score (nSPS) is 11.3. The molecule has 0 aliphatic heterocycles. The van der Waals surface area contributed by atoms with Crippen molar-refractivity contribution in [2.75, 3.05) is 10.5 Å². The van der Waals surface area contributed by atoms with Crippen LogP contribution in [0.15, 0.2) is 41.3 Å². The van der Waals surface area contributed by atoms with Gasteiger partial charge in [0.05, 0.1) is 10.6 Å². The standard InChI is InChI=1S/C13H12ClFN2O2S/c1-8-6-11(15)12(16)7-13(8)20(18,19)17-10-4-2-9(14)3-5-10/h2-7,17H,16H2,1H3. The van der Waals surface area contributed by atoms with Gasteiger partial charge in [0.1, 0.15) is 5.82 Å². The Kier molecular flexibility index (Phi) is 3.87. The highest BCUT2D eigenvalue weighted by Gasteiger charge is 2.19. The van der Waals surface area contributed by atoms with E-state index in [9.17, 15) is 12.8 Å². The number of hydrogen-bond acceptors (Lipinski definition) is 3. The number of sulfonamides is 1. The lowest BCUT2D eigenvalue weighted by Gasteiger charge is -2.11. The first-order valence-corrected chi connectivity index (χ1v) is 7.50. The minimum absolute atomic E-state index is 0.0636. The first-order chi connectivity index (χ1) is 9.29. The van der Waals surface area contributed by atoms with Gasteiger partial charge in [-0.15, -0.1) is 0 Å². The van der Waals surface area contributed by atoms with Crippen molar-refractivity contribution in [1.29, 1.82) is 0 Å². The predicted molar refractivity (Wildman–Crippen MR) is 77.8 cm³/mol.